The van der Waals surface area contributed by atoms with E-state index in [0.29, 0.717) is 22.4 Å². The van der Waals surface area contributed by atoms with Crippen LogP contribution in [0.5, 0.6) is 5.75 Å². The number of nitrogens with two attached hydrogens (primary N) is 1. The normalized spacial score (nSPS) is 9.95. The molecule has 1 aromatic carbocycles. The minimum absolute atomic E-state index is 0.150. The van der Waals surface area contributed by atoms with Gasteiger partial charge in [-0.25, -0.2) is 4.98 Å². The van der Waals surface area contributed by atoms with Crippen LogP contribution in [0, 0.1) is 0 Å². The van der Waals surface area contributed by atoms with Crippen molar-refractivity contribution in [2.24, 2.45) is 0 Å². The summed E-state index contributed by atoms with van der Waals surface area (Å²) in [5, 5.41) is 2.88. The number of nitrogens with zero attached hydrogens (tertiary/aromatic N) is 1. The number of amides is 1. The number of halogens is 1. The first-order valence-electron chi connectivity index (χ1n) is 5.55. The summed E-state index contributed by atoms with van der Waals surface area (Å²) < 4.78 is 5.30. The molecule has 2 aromatic rings. The van der Waals surface area contributed by atoms with E-state index >= 15 is 0 Å². The number of carbonyl (C=O) groups excluding carboxylic acids is 1. The highest BCUT2D eigenvalue weighted by atomic mass is 35.5. The fourth-order valence-electron chi connectivity index (χ4n) is 1.41. The Labute approximate surface area is 115 Å². The molecule has 0 aliphatic carbocycles. The van der Waals surface area contributed by atoms with Gasteiger partial charge in [-0.1, -0.05) is 29.8 Å². The first kappa shape index (κ1) is 13.2. The average molecular weight is 278 g/mol. The van der Waals surface area contributed by atoms with Crippen LogP contribution in [-0.2, 0) is 4.79 Å². The Bertz CT molecular complexity index is 590. The number of nitrogens with one attached hydrogen (secondary N) is 1. The predicted molar refractivity (Wildman–Crippen MR) is 74.2 cm³/mol. The highest BCUT2D eigenvalue weighted by Gasteiger charge is 2.06. The van der Waals surface area contributed by atoms with Gasteiger partial charge in [-0.2, -0.15) is 0 Å². The molecule has 0 unspecified atom stereocenters. The highest BCUT2D eigenvalue weighted by molar-refractivity contribution is 6.29. The van der Waals surface area contributed by atoms with Crippen LogP contribution >= 0.6 is 11.6 Å². The molecule has 0 saturated carbocycles. The van der Waals surface area contributed by atoms with Gasteiger partial charge in [-0.3, -0.25) is 4.79 Å². The van der Waals surface area contributed by atoms with Gasteiger partial charge in [0.2, 0.25) is 0 Å². The molecule has 0 fully saturated rings. The van der Waals surface area contributed by atoms with Crippen LogP contribution in [0.3, 0.4) is 0 Å². The third-order valence-corrected chi connectivity index (χ3v) is 2.47. The molecular weight excluding hydrogens is 266 g/mol. The van der Waals surface area contributed by atoms with Gasteiger partial charge in [-0.05, 0) is 24.3 Å². The van der Waals surface area contributed by atoms with Gasteiger partial charge >= 0.3 is 0 Å². The molecule has 2 rings (SSSR count). The fraction of sp³-hybridized carbons (Fsp3) is 0.0769. The smallest absolute Gasteiger partial charge is 0.263 e. The lowest BCUT2D eigenvalue weighted by Crippen LogP contribution is -2.21. The summed E-state index contributed by atoms with van der Waals surface area (Å²) in [7, 11) is 0. The summed E-state index contributed by atoms with van der Waals surface area (Å²) in [6.45, 7) is -0.150. The number of hydrogen-bond acceptors (Lipinski definition) is 4. The lowest BCUT2D eigenvalue weighted by atomic mass is 10.3. The van der Waals surface area contributed by atoms with E-state index in [1.54, 1.807) is 42.5 Å². The van der Waals surface area contributed by atoms with Crippen molar-refractivity contribution in [3.8, 4) is 5.75 Å². The molecule has 98 valence electrons. The maximum atomic E-state index is 11.6. The van der Waals surface area contributed by atoms with Crippen LogP contribution in [0.4, 0.5) is 11.5 Å². The summed E-state index contributed by atoms with van der Waals surface area (Å²) in [5.74, 6) is 0.511. The van der Waals surface area contributed by atoms with Crippen LogP contribution in [-0.4, -0.2) is 17.5 Å². The van der Waals surface area contributed by atoms with Crippen LogP contribution < -0.4 is 15.8 Å². The molecule has 0 atom stereocenters. The summed E-state index contributed by atoms with van der Waals surface area (Å²) in [6.07, 6.45) is 0. The van der Waals surface area contributed by atoms with E-state index in [2.05, 4.69) is 10.3 Å². The molecule has 0 saturated heterocycles. The number of carbonyl (C=O) groups is 1. The van der Waals surface area contributed by atoms with Crippen molar-refractivity contribution in [2.45, 2.75) is 0 Å². The topological polar surface area (TPSA) is 77.2 Å². The molecule has 5 nitrogen and oxygen atoms in total. The predicted octanol–water partition coefficient (Wildman–Crippen LogP) is 2.33. The first-order valence-corrected chi connectivity index (χ1v) is 5.92. The zero-order chi connectivity index (χ0) is 13.7. The molecule has 0 aliphatic rings. The van der Waals surface area contributed by atoms with Crippen LogP contribution in [0.2, 0.25) is 5.15 Å². The van der Waals surface area contributed by atoms with E-state index in [9.17, 15) is 4.79 Å². The van der Waals surface area contributed by atoms with Gasteiger partial charge in [0.25, 0.3) is 5.91 Å². The lowest BCUT2D eigenvalue weighted by Gasteiger charge is -2.08. The third kappa shape index (κ3) is 3.86. The molecule has 0 aliphatic heterocycles. The van der Waals surface area contributed by atoms with Crippen LogP contribution in [0.25, 0.3) is 0 Å². The Morgan fingerprint density at radius 1 is 1.26 bits per heavy atom. The fourth-order valence-corrected chi connectivity index (χ4v) is 1.58. The number of rotatable bonds is 4. The van der Waals surface area contributed by atoms with E-state index < -0.39 is 0 Å². The van der Waals surface area contributed by atoms with Crippen molar-refractivity contribution >= 4 is 29.0 Å². The molecule has 0 bridgehead atoms. The Hall–Kier alpha value is -2.27. The lowest BCUT2D eigenvalue weighted by molar-refractivity contribution is -0.118. The van der Waals surface area contributed by atoms with Crippen LogP contribution in [0.15, 0.2) is 42.5 Å². The van der Waals surface area contributed by atoms with Crippen molar-refractivity contribution in [1.82, 2.24) is 4.98 Å². The standard InChI is InChI=1S/C13H12ClN3O2/c14-11-6-3-7-12(16-11)17-13(18)8-19-10-5-2-1-4-9(10)15/h1-7H,8,15H2,(H,16,17,18). The molecule has 0 spiro atoms. The van der Waals surface area contributed by atoms with E-state index in [-0.39, 0.29) is 12.5 Å². The number of hydrogen-bond donors (Lipinski definition) is 2. The number of benzene rings is 1. The number of pyridine rings is 1. The van der Waals surface area contributed by atoms with Gasteiger partial charge in [0.15, 0.2) is 6.61 Å². The minimum atomic E-state index is -0.335. The summed E-state index contributed by atoms with van der Waals surface area (Å²) in [6, 6.07) is 11.9. The maximum Gasteiger partial charge on any atom is 0.263 e. The van der Waals surface area contributed by atoms with Crippen molar-refractivity contribution < 1.29 is 9.53 Å². The zero-order valence-electron chi connectivity index (χ0n) is 9.97. The highest BCUT2D eigenvalue weighted by Crippen LogP contribution is 2.19. The van der Waals surface area contributed by atoms with Gasteiger partial charge in [-0.15, -0.1) is 0 Å². The summed E-state index contributed by atoms with van der Waals surface area (Å²) in [5.41, 5.74) is 6.18. The van der Waals surface area contributed by atoms with Crippen molar-refractivity contribution in [3.63, 3.8) is 0 Å². The third-order valence-electron chi connectivity index (χ3n) is 2.26. The number of para-hydroxylation sites is 2. The van der Waals surface area contributed by atoms with Crippen LogP contribution in [0.1, 0.15) is 0 Å². The Morgan fingerprint density at radius 3 is 2.79 bits per heavy atom. The molecule has 6 heteroatoms. The van der Waals surface area contributed by atoms with Gasteiger partial charge < -0.3 is 15.8 Å². The quantitative estimate of drug-likeness (QED) is 0.664. The molecule has 1 amide bonds. The van der Waals surface area contributed by atoms with E-state index in [1.165, 1.54) is 0 Å². The van der Waals surface area contributed by atoms with E-state index in [0.717, 1.165) is 0 Å². The zero-order valence-corrected chi connectivity index (χ0v) is 10.7. The Morgan fingerprint density at radius 2 is 2.05 bits per heavy atom. The second kappa shape index (κ2) is 6.06. The van der Waals surface area contributed by atoms with E-state index in [4.69, 9.17) is 22.1 Å². The summed E-state index contributed by atoms with van der Waals surface area (Å²) >= 11 is 5.71. The summed E-state index contributed by atoms with van der Waals surface area (Å²) in [4.78, 5) is 15.6. The Balaban J connectivity index is 1.90. The van der Waals surface area contributed by atoms with Gasteiger partial charge in [0, 0.05) is 0 Å². The number of anilines is 2. The van der Waals surface area contributed by atoms with Gasteiger partial charge in [0.1, 0.15) is 16.7 Å². The SMILES string of the molecule is Nc1ccccc1OCC(=O)Nc1cccc(Cl)n1. The first-order chi connectivity index (χ1) is 9.15. The minimum Gasteiger partial charge on any atom is -0.482 e. The molecular formula is C13H12ClN3O2. The monoisotopic (exact) mass is 277 g/mol. The second-order valence-corrected chi connectivity index (χ2v) is 4.11. The van der Waals surface area contributed by atoms with Crippen molar-refractivity contribution in [3.05, 3.63) is 47.6 Å². The second-order valence-electron chi connectivity index (χ2n) is 3.72. The van der Waals surface area contributed by atoms with Crippen molar-refractivity contribution in [2.75, 3.05) is 17.7 Å². The Kier molecular flexibility index (Phi) is 4.20. The van der Waals surface area contributed by atoms with Gasteiger partial charge in [0.05, 0.1) is 5.69 Å². The van der Waals surface area contributed by atoms with E-state index in [1.807, 2.05) is 0 Å². The number of ether oxygens (including phenoxy) is 1. The molecule has 0 radical (unpaired) electrons. The number of aromatic nitrogens is 1. The molecule has 1 heterocycles. The number of nitrogen functional groups attached to an aromatic ring is 1. The molecule has 1 aromatic heterocycles. The molecule has 3 N–H and O–H groups in total. The molecule has 19 heavy (non-hydrogen) atoms. The average Bonchev–Trinajstić information content (AvgIpc) is 2.38. The largest absolute Gasteiger partial charge is 0.482 e. The maximum absolute atomic E-state index is 11.6. The van der Waals surface area contributed by atoms with Crippen molar-refractivity contribution in [1.29, 1.82) is 0 Å².